The van der Waals surface area contributed by atoms with Gasteiger partial charge in [0, 0.05) is 24.4 Å². The number of fused-ring (bicyclic) bond motifs is 1. The summed E-state index contributed by atoms with van der Waals surface area (Å²) in [6.45, 7) is 0. The molecule has 0 saturated heterocycles. The number of rotatable bonds is 7. The van der Waals surface area contributed by atoms with Crippen molar-refractivity contribution >= 4 is 28.7 Å². The second kappa shape index (κ2) is 7.24. The Labute approximate surface area is 137 Å². The highest BCUT2D eigenvalue weighted by atomic mass is 16.4. The summed E-state index contributed by atoms with van der Waals surface area (Å²) < 4.78 is 1.34. The van der Waals surface area contributed by atoms with Gasteiger partial charge in [-0.15, -0.1) is 0 Å². The van der Waals surface area contributed by atoms with Crippen molar-refractivity contribution in [3.8, 4) is 0 Å². The molecule has 0 radical (unpaired) electrons. The van der Waals surface area contributed by atoms with Crippen molar-refractivity contribution in [1.29, 1.82) is 0 Å². The van der Waals surface area contributed by atoms with E-state index in [9.17, 15) is 14.4 Å². The lowest BCUT2D eigenvalue weighted by Gasteiger charge is -2.11. The number of hydrogen-bond donors (Lipinski definition) is 4. The van der Waals surface area contributed by atoms with E-state index >= 15 is 0 Å². The Bertz CT molecular complexity index is 783. The van der Waals surface area contributed by atoms with Crippen LogP contribution in [0.2, 0.25) is 0 Å². The van der Waals surface area contributed by atoms with Gasteiger partial charge in [0.05, 0.1) is 11.6 Å². The van der Waals surface area contributed by atoms with Crippen LogP contribution in [0, 0.1) is 0 Å². The quantitative estimate of drug-likeness (QED) is 0.574. The van der Waals surface area contributed by atoms with Crippen molar-refractivity contribution in [2.75, 3.05) is 0 Å². The first kappa shape index (κ1) is 17.6. The number of carboxylic acid groups (broad SMARTS) is 2. The minimum absolute atomic E-state index is 0.0185. The predicted octanol–water partition coefficient (Wildman–Crippen LogP) is 0.428. The lowest BCUT2D eigenvalue weighted by Crippen LogP contribution is -2.35. The molecule has 0 spiro atoms. The topological polar surface area (TPSA) is 149 Å². The van der Waals surface area contributed by atoms with E-state index in [0.717, 1.165) is 0 Å². The number of nitrogens with zero attached hydrogens (tertiary/aromatic N) is 1. The summed E-state index contributed by atoms with van der Waals surface area (Å²) in [5.41, 5.74) is 12.6. The molecule has 8 nitrogen and oxygen atoms in total. The van der Waals surface area contributed by atoms with Crippen LogP contribution < -0.4 is 11.5 Å². The van der Waals surface area contributed by atoms with Crippen LogP contribution in [-0.4, -0.2) is 44.7 Å². The molecule has 2 unspecified atom stereocenters. The number of carbonyl (C=O) groups excluding carboxylic acids is 1. The van der Waals surface area contributed by atoms with Gasteiger partial charge in [0.2, 0.25) is 5.91 Å². The van der Waals surface area contributed by atoms with E-state index in [-0.39, 0.29) is 19.3 Å². The fraction of sp³-hybridized carbons (Fsp3) is 0.312. The summed E-state index contributed by atoms with van der Waals surface area (Å²) in [7, 11) is 0. The van der Waals surface area contributed by atoms with Gasteiger partial charge >= 0.3 is 11.9 Å². The van der Waals surface area contributed by atoms with Gasteiger partial charge in [-0.05, 0) is 18.1 Å². The van der Waals surface area contributed by atoms with Gasteiger partial charge < -0.3 is 21.7 Å². The molecule has 8 heteroatoms. The van der Waals surface area contributed by atoms with E-state index in [4.69, 9.17) is 21.7 Å². The van der Waals surface area contributed by atoms with E-state index in [2.05, 4.69) is 0 Å². The number of carboxylic acids is 2. The first-order valence-electron chi connectivity index (χ1n) is 7.40. The first-order valence-corrected chi connectivity index (χ1v) is 7.40. The Morgan fingerprint density at radius 2 is 1.75 bits per heavy atom. The highest BCUT2D eigenvalue weighted by Crippen LogP contribution is 2.23. The number of aromatic nitrogens is 1. The molecule has 0 saturated carbocycles. The highest BCUT2D eigenvalue weighted by Gasteiger charge is 2.22. The molecule has 0 amide bonds. The number of carbonyl (C=O) groups is 3. The maximum Gasteiger partial charge on any atom is 0.320 e. The van der Waals surface area contributed by atoms with E-state index in [0.29, 0.717) is 16.5 Å². The van der Waals surface area contributed by atoms with Crippen LogP contribution in [0.1, 0.15) is 23.2 Å². The van der Waals surface area contributed by atoms with Crippen molar-refractivity contribution in [3.63, 3.8) is 0 Å². The van der Waals surface area contributed by atoms with Crippen molar-refractivity contribution in [2.24, 2.45) is 11.5 Å². The maximum atomic E-state index is 12.5. The normalized spacial score (nSPS) is 13.6. The summed E-state index contributed by atoms with van der Waals surface area (Å²) in [5, 5.41) is 18.4. The highest BCUT2D eigenvalue weighted by molar-refractivity contribution is 5.97. The molecule has 0 fully saturated rings. The Morgan fingerprint density at radius 3 is 2.38 bits per heavy atom. The van der Waals surface area contributed by atoms with Gasteiger partial charge in [-0.2, -0.15) is 0 Å². The fourth-order valence-corrected chi connectivity index (χ4v) is 2.50. The number of nitrogens with two attached hydrogens (primary N) is 2. The molecule has 2 aromatic rings. The molecule has 1 heterocycles. The minimum Gasteiger partial charge on any atom is -0.481 e. The van der Waals surface area contributed by atoms with E-state index in [1.165, 1.54) is 10.8 Å². The zero-order chi connectivity index (χ0) is 17.9. The van der Waals surface area contributed by atoms with Gasteiger partial charge in [-0.3, -0.25) is 19.0 Å². The third-order valence-corrected chi connectivity index (χ3v) is 3.78. The summed E-state index contributed by atoms with van der Waals surface area (Å²) in [4.78, 5) is 34.1. The number of benzene rings is 1. The standard InChI is InChI=1S/C16H19N3O5/c17-11(5-6-14(20)21)15(22)19-8-9(7-12(18)16(23)24)10-3-1-2-4-13(10)19/h1-4,8,11-12H,5-7,17-18H2,(H,20,21)(H,23,24). The van der Waals surface area contributed by atoms with Crippen LogP contribution in [0.3, 0.4) is 0 Å². The molecule has 2 rings (SSSR count). The fourth-order valence-electron chi connectivity index (χ4n) is 2.50. The Hall–Kier alpha value is -2.71. The van der Waals surface area contributed by atoms with Crippen molar-refractivity contribution < 1.29 is 24.6 Å². The Kier molecular flexibility index (Phi) is 5.32. The van der Waals surface area contributed by atoms with E-state index < -0.39 is 29.9 Å². The Balaban J connectivity index is 2.35. The molecule has 0 aliphatic heterocycles. The molecule has 128 valence electrons. The van der Waals surface area contributed by atoms with Gasteiger partial charge in [0.25, 0.3) is 0 Å². The minimum atomic E-state index is -1.13. The number of hydrogen-bond acceptors (Lipinski definition) is 5. The average Bonchev–Trinajstić information content (AvgIpc) is 2.90. The lowest BCUT2D eigenvalue weighted by molar-refractivity contribution is -0.139. The number of aliphatic carboxylic acids is 2. The zero-order valence-electron chi connectivity index (χ0n) is 12.9. The molecule has 1 aromatic heterocycles. The van der Waals surface area contributed by atoms with E-state index in [1.807, 2.05) is 0 Å². The zero-order valence-corrected chi connectivity index (χ0v) is 12.9. The van der Waals surface area contributed by atoms with E-state index in [1.54, 1.807) is 24.3 Å². The molecule has 1 aromatic carbocycles. The second-order valence-corrected chi connectivity index (χ2v) is 5.57. The van der Waals surface area contributed by atoms with Crippen LogP contribution in [-0.2, 0) is 16.0 Å². The molecule has 0 aliphatic carbocycles. The molecule has 0 aliphatic rings. The third kappa shape index (κ3) is 3.79. The van der Waals surface area contributed by atoms with Crippen LogP contribution in [0.4, 0.5) is 0 Å². The monoisotopic (exact) mass is 333 g/mol. The maximum absolute atomic E-state index is 12.5. The molecule has 6 N–H and O–H groups in total. The summed E-state index contributed by atoms with van der Waals surface area (Å²) in [5.74, 6) is -2.59. The first-order chi connectivity index (χ1) is 11.3. The smallest absolute Gasteiger partial charge is 0.320 e. The van der Waals surface area contributed by atoms with Gasteiger partial charge in [-0.25, -0.2) is 0 Å². The third-order valence-electron chi connectivity index (χ3n) is 3.78. The van der Waals surface area contributed by atoms with Gasteiger partial charge in [0.1, 0.15) is 6.04 Å². The average molecular weight is 333 g/mol. The van der Waals surface area contributed by atoms with Gasteiger partial charge in [-0.1, -0.05) is 18.2 Å². The van der Waals surface area contributed by atoms with Gasteiger partial charge in [0.15, 0.2) is 0 Å². The summed E-state index contributed by atoms with van der Waals surface area (Å²) in [6, 6.07) is 4.96. The molecule has 24 heavy (non-hydrogen) atoms. The van der Waals surface area contributed by atoms with Crippen LogP contribution >= 0.6 is 0 Å². The molecule has 0 bridgehead atoms. The largest absolute Gasteiger partial charge is 0.481 e. The summed E-state index contributed by atoms with van der Waals surface area (Å²) in [6.07, 6.45) is 1.41. The van der Waals surface area contributed by atoms with Crippen LogP contribution in [0.5, 0.6) is 0 Å². The molecular formula is C16H19N3O5. The Morgan fingerprint density at radius 1 is 1.08 bits per heavy atom. The van der Waals surface area contributed by atoms with Crippen LogP contribution in [0.25, 0.3) is 10.9 Å². The SMILES string of the molecule is NC(Cc1cn(C(=O)C(N)CCC(=O)O)c2ccccc12)C(=O)O. The summed E-state index contributed by atoms with van der Waals surface area (Å²) >= 11 is 0. The molecular weight excluding hydrogens is 314 g/mol. The van der Waals surface area contributed by atoms with Crippen molar-refractivity contribution in [3.05, 3.63) is 36.0 Å². The molecule has 2 atom stereocenters. The second-order valence-electron chi connectivity index (χ2n) is 5.57. The van der Waals surface area contributed by atoms with Crippen LogP contribution in [0.15, 0.2) is 30.5 Å². The lowest BCUT2D eigenvalue weighted by atomic mass is 10.1. The predicted molar refractivity (Wildman–Crippen MR) is 86.7 cm³/mol. The van der Waals surface area contributed by atoms with Crippen molar-refractivity contribution in [2.45, 2.75) is 31.3 Å². The number of para-hydroxylation sites is 1. The van der Waals surface area contributed by atoms with Crippen molar-refractivity contribution in [1.82, 2.24) is 4.57 Å².